The maximum absolute atomic E-state index is 12.4. The van der Waals surface area contributed by atoms with Gasteiger partial charge in [-0.3, -0.25) is 9.52 Å². The molecule has 2 N–H and O–H groups in total. The Morgan fingerprint density at radius 3 is 2.50 bits per heavy atom. The number of rotatable bonds is 8. The SMILES string of the molecule is Cc1noc(C)c1COc1ccc(C(=O)NCc2cccc(NS(C)(=O)=O)c2)cc1. The fourth-order valence-electron chi connectivity index (χ4n) is 2.81. The number of hydrogen-bond donors (Lipinski definition) is 2. The van der Waals surface area contributed by atoms with E-state index in [4.69, 9.17) is 9.26 Å². The van der Waals surface area contributed by atoms with Crippen LogP contribution in [0.1, 0.15) is 32.9 Å². The maximum atomic E-state index is 12.4. The zero-order chi connectivity index (χ0) is 21.7. The number of ether oxygens (including phenoxy) is 1. The minimum absolute atomic E-state index is 0.242. The van der Waals surface area contributed by atoms with Crippen LogP contribution in [-0.4, -0.2) is 25.7 Å². The molecule has 0 aliphatic rings. The van der Waals surface area contributed by atoms with Crippen LogP contribution in [0, 0.1) is 13.8 Å². The predicted octanol–water partition coefficient (Wildman–Crippen LogP) is 3.17. The number of amides is 1. The molecule has 1 aromatic heterocycles. The van der Waals surface area contributed by atoms with Crippen molar-refractivity contribution < 1.29 is 22.5 Å². The van der Waals surface area contributed by atoms with Gasteiger partial charge in [0.15, 0.2) is 0 Å². The number of benzene rings is 2. The molecule has 1 heterocycles. The van der Waals surface area contributed by atoms with Crippen LogP contribution >= 0.6 is 0 Å². The van der Waals surface area contributed by atoms with E-state index in [-0.39, 0.29) is 12.5 Å². The highest BCUT2D eigenvalue weighted by atomic mass is 32.2. The summed E-state index contributed by atoms with van der Waals surface area (Å²) in [5.74, 6) is 1.11. The first-order chi connectivity index (χ1) is 14.2. The summed E-state index contributed by atoms with van der Waals surface area (Å²) in [6, 6.07) is 13.7. The van der Waals surface area contributed by atoms with Crippen LogP contribution in [0.15, 0.2) is 53.1 Å². The van der Waals surface area contributed by atoms with Gasteiger partial charge in [0.2, 0.25) is 10.0 Å². The first kappa shape index (κ1) is 21.4. The highest BCUT2D eigenvalue weighted by Crippen LogP contribution is 2.18. The van der Waals surface area contributed by atoms with Crippen molar-refractivity contribution in [3.63, 3.8) is 0 Å². The molecule has 0 aliphatic heterocycles. The number of nitrogens with zero attached hydrogens (tertiary/aromatic N) is 1. The first-order valence-electron chi connectivity index (χ1n) is 9.21. The van der Waals surface area contributed by atoms with E-state index >= 15 is 0 Å². The molecule has 0 spiro atoms. The summed E-state index contributed by atoms with van der Waals surface area (Å²) in [5, 5.41) is 6.71. The van der Waals surface area contributed by atoms with Crippen LogP contribution in [0.3, 0.4) is 0 Å². The Morgan fingerprint density at radius 2 is 1.87 bits per heavy atom. The quantitative estimate of drug-likeness (QED) is 0.569. The number of aromatic nitrogens is 1. The van der Waals surface area contributed by atoms with E-state index in [1.165, 1.54) is 0 Å². The fourth-order valence-corrected chi connectivity index (χ4v) is 3.36. The second kappa shape index (κ2) is 9.00. The summed E-state index contributed by atoms with van der Waals surface area (Å²) in [4.78, 5) is 12.4. The number of carbonyl (C=O) groups is 1. The molecule has 0 unspecified atom stereocenters. The third-order valence-corrected chi connectivity index (χ3v) is 4.97. The summed E-state index contributed by atoms with van der Waals surface area (Å²) in [5.41, 5.74) is 3.41. The van der Waals surface area contributed by atoms with E-state index < -0.39 is 10.0 Å². The lowest BCUT2D eigenvalue weighted by molar-refractivity contribution is 0.0951. The van der Waals surface area contributed by atoms with Crippen molar-refractivity contribution in [3.8, 4) is 5.75 Å². The minimum atomic E-state index is -3.35. The van der Waals surface area contributed by atoms with Crippen LogP contribution in [0.4, 0.5) is 5.69 Å². The van der Waals surface area contributed by atoms with Gasteiger partial charge in [-0.05, 0) is 55.8 Å². The number of sulfonamides is 1. The Kier molecular flexibility index (Phi) is 6.41. The van der Waals surface area contributed by atoms with E-state index in [1.807, 2.05) is 13.8 Å². The zero-order valence-corrected chi connectivity index (χ0v) is 17.7. The largest absolute Gasteiger partial charge is 0.489 e. The molecular formula is C21H23N3O5S. The molecule has 0 radical (unpaired) electrons. The molecule has 0 aliphatic carbocycles. The standard InChI is InChI=1S/C21H23N3O5S/c1-14-20(15(2)29-23-14)13-28-19-9-7-17(8-10-19)21(25)22-12-16-5-4-6-18(11-16)24-30(3,26)27/h4-11,24H,12-13H2,1-3H3,(H,22,25). The van der Waals surface area contributed by atoms with Gasteiger partial charge >= 0.3 is 0 Å². The van der Waals surface area contributed by atoms with E-state index in [0.717, 1.165) is 28.8 Å². The van der Waals surface area contributed by atoms with Gasteiger partial charge in [0.05, 0.1) is 17.5 Å². The summed E-state index contributed by atoms with van der Waals surface area (Å²) >= 11 is 0. The Bertz CT molecular complexity index is 1120. The van der Waals surface area contributed by atoms with Crippen molar-refractivity contribution in [2.75, 3.05) is 11.0 Å². The third kappa shape index (κ3) is 5.84. The van der Waals surface area contributed by atoms with E-state index in [9.17, 15) is 13.2 Å². The maximum Gasteiger partial charge on any atom is 0.251 e. The van der Waals surface area contributed by atoms with E-state index in [2.05, 4.69) is 15.2 Å². The van der Waals surface area contributed by atoms with Crippen molar-refractivity contribution >= 4 is 21.6 Å². The molecule has 9 heteroatoms. The average molecular weight is 429 g/mol. The molecular weight excluding hydrogens is 406 g/mol. The Balaban J connectivity index is 1.55. The molecule has 0 saturated carbocycles. The molecule has 0 fully saturated rings. The lowest BCUT2D eigenvalue weighted by atomic mass is 10.1. The van der Waals surface area contributed by atoms with Crippen molar-refractivity contribution in [1.29, 1.82) is 0 Å². The van der Waals surface area contributed by atoms with Gasteiger partial charge in [-0.1, -0.05) is 17.3 Å². The summed E-state index contributed by atoms with van der Waals surface area (Å²) in [7, 11) is -3.35. The van der Waals surface area contributed by atoms with E-state index in [0.29, 0.717) is 23.6 Å². The summed E-state index contributed by atoms with van der Waals surface area (Å²) < 4.78 is 35.9. The Labute approximate surface area is 175 Å². The molecule has 158 valence electrons. The van der Waals surface area contributed by atoms with Crippen molar-refractivity contribution in [2.45, 2.75) is 27.0 Å². The predicted molar refractivity (Wildman–Crippen MR) is 113 cm³/mol. The highest BCUT2D eigenvalue weighted by Gasteiger charge is 2.10. The number of carbonyl (C=O) groups excluding carboxylic acids is 1. The van der Waals surface area contributed by atoms with Gasteiger partial charge in [-0.2, -0.15) is 0 Å². The normalized spacial score (nSPS) is 11.2. The lowest BCUT2D eigenvalue weighted by Gasteiger charge is -2.09. The third-order valence-electron chi connectivity index (χ3n) is 4.36. The van der Waals surface area contributed by atoms with Crippen molar-refractivity contribution in [1.82, 2.24) is 10.5 Å². The Morgan fingerprint density at radius 1 is 1.13 bits per heavy atom. The van der Waals surface area contributed by atoms with Gasteiger partial charge in [-0.25, -0.2) is 8.42 Å². The van der Waals surface area contributed by atoms with Crippen LogP contribution in [0.25, 0.3) is 0 Å². The summed E-state index contributed by atoms with van der Waals surface area (Å²) in [6.45, 7) is 4.29. The fraction of sp³-hybridized carbons (Fsp3) is 0.238. The second-order valence-corrected chi connectivity index (χ2v) is 8.62. The van der Waals surface area contributed by atoms with Gasteiger partial charge in [0.25, 0.3) is 5.91 Å². The first-order valence-corrected chi connectivity index (χ1v) is 11.1. The Hall–Kier alpha value is -3.33. The van der Waals surface area contributed by atoms with Gasteiger partial charge < -0.3 is 14.6 Å². The molecule has 1 amide bonds. The van der Waals surface area contributed by atoms with Crippen LogP contribution in [-0.2, 0) is 23.2 Å². The molecule has 0 atom stereocenters. The highest BCUT2D eigenvalue weighted by molar-refractivity contribution is 7.92. The molecule has 0 bridgehead atoms. The van der Waals surface area contributed by atoms with Gasteiger partial charge in [-0.15, -0.1) is 0 Å². The molecule has 0 saturated heterocycles. The number of aryl methyl sites for hydroxylation is 2. The average Bonchev–Trinajstić information content (AvgIpc) is 3.01. The van der Waals surface area contributed by atoms with Crippen LogP contribution < -0.4 is 14.8 Å². The molecule has 2 aromatic carbocycles. The van der Waals surface area contributed by atoms with Crippen molar-refractivity contribution in [2.24, 2.45) is 0 Å². The van der Waals surface area contributed by atoms with Gasteiger partial charge in [0, 0.05) is 17.8 Å². The monoisotopic (exact) mass is 429 g/mol. The molecule has 3 aromatic rings. The lowest BCUT2D eigenvalue weighted by Crippen LogP contribution is -2.22. The summed E-state index contributed by atoms with van der Waals surface area (Å²) in [6.07, 6.45) is 1.09. The topological polar surface area (TPSA) is 111 Å². The number of hydrogen-bond acceptors (Lipinski definition) is 6. The second-order valence-electron chi connectivity index (χ2n) is 6.87. The molecule has 30 heavy (non-hydrogen) atoms. The smallest absolute Gasteiger partial charge is 0.251 e. The van der Waals surface area contributed by atoms with Gasteiger partial charge in [0.1, 0.15) is 18.1 Å². The number of anilines is 1. The van der Waals surface area contributed by atoms with Crippen LogP contribution in [0.5, 0.6) is 5.75 Å². The van der Waals surface area contributed by atoms with Crippen LogP contribution in [0.2, 0.25) is 0 Å². The van der Waals surface area contributed by atoms with E-state index in [1.54, 1.807) is 48.5 Å². The molecule has 8 nitrogen and oxygen atoms in total. The minimum Gasteiger partial charge on any atom is -0.489 e. The molecule has 3 rings (SSSR count). The van der Waals surface area contributed by atoms with Crippen molar-refractivity contribution in [3.05, 3.63) is 76.7 Å². The number of nitrogens with one attached hydrogen (secondary N) is 2. The zero-order valence-electron chi connectivity index (χ0n) is 16.9.